The maximum atomic E-state index is 12.9. The minimum Gasteiger partial charge on any atom is -0.425 e. The minimum atomic E-state index is -0.845. The van der Waals surface area contributed by atoms with Crippen LogP contribution in [0.3, 0.4) is 0 Å². The van der Waals surface area contributed by atoms with Crippen LogP contribution in [-0.2, 0) is 16.0 Å². The Kier molecular flexibility index (Phi) is 15.4. The van der Waals surface area contributed by atoms with Crippen molar-refractivity contribution in [2.24, 2.45) is 0 Å². The first-order valence-corrected chi connectivity index (χ1v) is 14.3. The molecule has 7 heteroatoms. The minimum absolute atomic E-state index is 0.0863. The highest BCUT2D eigenvalue weighted by Gasteiger charge is 2.23. The normalized spacial score (nSPS) is 11.6. The van der Waals surface area contributed by atoms with Crippen LogP contribution in [0.4, 0.5) is 5.69 Å². The molecule has 0 aromatic heterocycles. The number of hydrogen-bond donors (Lipinski definition) is 1. The molecule has 0 saturated heterocycles. The number of carbonyl (C=O) groups excluding carboxylic acids is 2. The number of nitro groups is 1. The lowest BCUT2D eigenvalue weighted by atomic mass is 10.0. The van der Waals surface area contributed by atoms with Gasteiger partial charge in [0, 0.05) is 25.0 Å². The number of amides is 1. The molecule has 0 bridgehead atoms. The molecule has 0 fully saturated rings. The molecule has 0 aliphatic rings. The summed E-state index contributed by atoms with van der Waals surface area (Å²) in [6, 6.07) is 13.9. The van der Waals surface area contributed by atoms with Gasteiger partial charge in [-0.3, -0.25) is 14.9 Å². The van der Waals surface area contributed by atoms with E-state index in [1.54, 1.807) is 0 Å². The molecule has 0 spiro atoms. The summed E-state index contributed by atoms with van der Waals surface area (Å²) in [5.74, 6) is -0.569. The standard InChI is InChI=1S/C31H44N2O5/c1-2-3-4-5-6-7-8-9-10-11-12-13-17-20-30(34)32-29(25-26-18-15-14-16-19-26)31(35)38-28-23-21-27(22-24-28)33(36)37/h14-16,18-19,21-24,29H,2-13,17,20,25H2,1H3,(H,32,34)/t29-/m0/s1. The molecule has 1 atom stereocenters. The summed E-state index contributed by atoms with van der Waals surface area (Å²) < 4.78 is 5.43. The van der Waals surface area contributed by atoms with Crippen LogP contribution in [0.15, 0.2) is 54.6 Å². The molecule has 1 N–H and O–H groups in total. The first-order valence-electron chi connectivity index (χ1n) is 14.3. The van der Waals surface area contributed by atoms with Crippen molar-refractivity contribution in [2.75, 3.05) is 0 Å². The first-order chi connectivity index (χ1) is 18.5. The third-order valence-corrected chi connectivity index (χ3v) is 6.68. The van der Waals surface area contributed by atoms with Gasteiger partial charge in [0.2, 0.25) is 5.91 Å². The number of non-ortho nitro benzene ring substituents is 1. The number of esters is 1. The molecule has 0 aliphatic carbocycles. The molecule has 2 aromatic rings. The number of nitrogens with one attached hydrogen (secondary N) is 1. The van der Waals surface area contributed by atoms with E-state index < -0.39 is 16.9 Å². The van der Waals surface area contributed by atoms with Crippen molar-refractivity contribution in [1.82, 2.24) is 5.32 Å². The molecule has 2 aromatic carbocycles. The lowest BCUT2D eigenvalue weighted by Crippen LogP contribution is -2.44. The van der Waals surface area contributed by atoms with Gasteiger partial charge in [0.25, 0.3) is 5.69 Å². The summed E-state index contributed by atoms with van der Waals surface area (Å²) in [5, 5.41) is 13.7. The van der Waals surface area contributed by atoms with Crippen molar-refractivity contribution in [3.63, 3.8) is 0 Å². The van der Waals surface area contributed by atoms with Crippen LogP contribution in [0.5, 0.6) is 5.75 Å². The summed E-state index contributed by atoms with van der Waals surface area (Å²) in [6.45, 7) is 2.25. The van der Waals surface area contributed by atoms with E-state index in [0.717, 1.165) is 24.8 Å². The summed E-state index contributed by atoms with van der Waals surface area (Å²) in [6.07, 6.45) is 16.8. The third-order valence-electron chi connectivity index (χ3n) is 6.68. The van der Waals surface area contributed by atoms with Crippen molar-refractivity contribution >= 4 is 17.6 Å². The zero-order valence-corrected chi connectivity index (χ0v) is 22.9. The molecule has 0 saturated carbocycles. The molecule has 1 amide bonds. The maximum Gasteiger partial charge on any atom is 0.334 e. The van der Waals surface area contributed by atoms with E-state index in [-0.39, 0.29) is 17.3 Å². The lowest BCUT2D eigenvalue weighted by molar-refractivity contribution is -0.384. The molecular weight excluding hydrogens is 480 g/mol. The molecule has 0 unspecified atom stereocenters. The monoisotopic (exact) mass is 524 g/mol. The Morgan fingerprint density at radius 1 is 0.789 bits per heavy atom. The topological polar surface area (TPSA) is 98.5 Å². The highest BCUT2D eigenvalue weighted by Crippen LogP contribution is 2.18. The van der Waals surface area contributed by atoms with Gasteiger partial charge in [0.1, 0.15) is 11.8 Å². The number of nitrogens with zero attached hydrogens (tertiary/aromatic N) is 1. The SMILES string of the molecule is CCCCCCCCCCCCCCCC(=O)N[C@@H](Cc1ccccc1)C(=O)Oc1ccc([N+](=O)[O-])cc1. The Balaban J connectivity index is 1.70. The van der Waals surface area contributed by atoms with Gasteiger partial charge >= 0.3 is 5.97 Å². The van der Waals surface area contributed by atoms with Gasteiger partial charge in [-0.25, -0.2) is 4.79 Å². The predicted molar refractivity (Wildman–Crippen MR) is 151 cm³/mol. The second kappa shape index (κ2) is 18.9. The highest BCUT2D eigenvalue weighted by molar-refractivity contribution is 5.85. The quantitative estimate of drug-likeness (QED) is 0.0629. The number of rotatable bonds is 20. The van der Waals surface area contributed by atoms with Crippen molar-refractivity contribution in [3.8, 4) is 5.75 Å². The van der Waals surface area contributed by atoms with Crippen LogP contribution in [0.25, 0.3) is 0 Å². The zero-order valence-electron chi connectivity index (χ0n) is 22.9. The Hall–Kier alpha value is -3.22. The van der Waals surface area contributed by atoms with E-state index in [2.05, 4.69) is 12.2 Å². The van der Waals surface area contributed by atoms with E-state index in [0.29, 0.717) is 12.8 Å². The second-order valence-corrected chi connectivity index (χ2v) is 9.97. The zero-order chi connectivity index (χ0) is 27.4. The molecular formula is C31H44N2O5. The van der Waals surface area contributed by atoms with Crippen LogP contribution < -0.4 is 10.1 Å². The van der Waals surface area contributed by atoms with Crippen molar-refractivity contribution < 1.29 is 19.2 Å². The Bertz CT molecular complexity index is 947. The van der Waals surface area contributed by atoms with Gasteiger partial charge in [0.15, 0.2) is 0 Å². The average molecular weight is 525 g/mol. The van der Waals surface area contributed by atoms with E-state index in [4.69, 9.17) is 4.74 Å². The van der Waals surface area contributed by atoms with Gasteiger partial charge in [-0.2, -0.15) is 0 Å². The maximum absolute atomic E-state index is 12.9. The molecule has 7 nitrogen and oxygen atoms in total. The predicted octanol–water partition coefficient (Wildman–Crippen LogP) is 7.71. The van der Waals surface area contributed by atoms with E-state index in [9.17, 15) is 19.7 Å². The summed E-state index contributed by atoms with van der Waals surface area (Å²) in [5.41, 5.74) is 0.816. The van der Waals surface area contributed by atoms with Crippen molar-refractivity contribution in [3.05, 3.63) is 70.3 Å². The van der Waals surface area contributed by atoms with Crippen molar-refractivity contribution in [2.45, 2.75) is 109 Å². The second-order valence-electron chi connectivity index (χ2n) is 9.97. The number of nitro benzene ring substituents is 1. The molecule has 0 radical (unpaired) electrons. The Morgan fingerprint density at radius 3 is 1.84 bits per heavy atom. The smallest absolute Gasteiger partial charge is 0.334 e. The van der Waals surface area contributed by atoms with Gasteiger partial charge in [-0.05, 0) is 24.1 Å². The fourth-order valence-electron chi connectivity index (χ4n) is 4.44. The fraction of sp³-hybridized carbons (Fsp3) is 0.548. The number of hydrogen-bond acceptors (Lipinski definition) is 5. The van der Waals surface area contributed by atoms with Crippen LogP contribution in [-0.4, -0.2) is 22.8 Å². The molecule has 2 rings (SSSR count). The molecule has 0 aliphatic heterocycles. The summed E-state index contributed by atoms with van der Waals surface area (Å²) in [7, 11) is 0. The van der Waals surface area contributed by atoms with Gasteiger partial charge in [-0.15, -0.1) is 0 Å². The van der Waals surface area contributed by atoms with E-state index >= 15 is 0 Å². The highest BCUT2D eigenvalue weighted by atomic mass is 16.6. The van der Waals surface area contributed by atoms with E-state index in [1.807, 2.05) is 30.3 Å². The molecule has 0 heterocycles. The number of unbranched alkanes of at least 4 members (excludes halogenated alkanes) is 12. The average Bonchev–Trinajstić information content (AvgIpc) is 2.91. The van der Waals surface area contributed by atoms with Gasteiger partial charge < -0.3 is 10.1 Å². The molecule has 38 heavy (non-hydrogen) atoms. The number of ether oxygens (including phenoxy) is 1. The van der Waals surface area contributed by atoms with Crippen LogP contribution in [0.1, 0.15) is 102 Å². The largest absolute Gasteiger partial charge is 0.425 e. The third kappa shape index (κ3) is 13.4. The molecule has 208 valence electrons. The first kappa shape index (κ1) is 31.0. The lowest BCUT2D eigenvalue weighted by Gasteiger charge is -2.18. The Labute approximate surface area is 227 Å². The van der Waals surface area contributed by atoms with E-state index in [1.165, 1.54) is 88.5 Å². The van der Waals surface area contributed by atoms with Crippen LogP contribution in [0, 0.1) is 10.1 Å². The number of benzene rings is 2. The van der Waals surface area contributed by atoms with Crippen LogP contribution in [0.2, 0.25) is 0 Å². The van der Waals surface area contributed by atoms with Crippen molar-refractivity contribution in [1.29, 1.82) is 0 Å². The summed E-state index contributed by atoms with van der Waals surface area (Å²) in [4.78, 5) is 35.9. The number of carbonyl (C=O) groups is 2. The Morgan fingerprint density at radius 2 is 1.32 bits per heavy atom. The van der Waals surface area contributed by atoms with Gasteiger partial charge in [-0.1, -0.05) is 114 Å². The van der Waals surface area contributed by atoms with Gasteiger partial charge in [0.05, 0.1) is 4.92 Å². The fourth-order valence-corrected chi connectivity index (χ4v) is 4.44. The summed E-state index contributed by atoms with van der Waals surface area (Å²) >= 11 is 0. The van der Waals surface area contributed by atoms with Crippen LogP contribution >= 0.6 is 0 Å².